The molecule has 0 saturated heterocycles. The molecule has 0 radical (unpaired) electrons. The Hall–Kier alpha value is -2.00. The molecule has 6 nitrogen and oxygen atoms in total. The Morgan fingerprint density at radius 1 is 0.962 bits per heavy atom. The maximum absolute atomic E-state index is 12.3. The molecule has 2 N–H and O–H groups in total. The van der Waals surface area contributed by atoms with E-state index in [1.165, 1.54) is 14.2 Å². The third kappa shape index (κ3) is 5.25. The van der Waals surface area contributed by atoms with Gasteiger partial charge in [-0.3, -0.25) is 9.59 Å². The van der Waals surface area contributed by atoms with E-state index in [2.05, 4.69) is 33.2 Å². The normalized spacial score (nSPS) is 10.2. The van der Waals surface area contributed by atoms with Gasteiger partial charge in [-0.05, 0) is 59.0 Å². The number of hydrogen-bond acceptors (Lipinski definition) is 4. The first kappa shape index (κ1) is 20.3. The van der Waals surface area contributed by atoms with E-state index in [1.807, 2.05) is 0 Å². The number of amides is 2. The molecule has 2 amide bonds. The minimum Gasteiger partial charge on any atom is -0.493 e. The average Bonchev–Trinajstić information content (AvgIpc) is 2.65. The fourth-order valence-electron chi connectivity index (χ4n) is 2.18. The summed E-state index contributed by atoms with van der Waals surface area (Å²) in [5.74, 6) is 0.561. The van der Waals surface area contributed by atoms with Gasteiger partial charge in [-0.15, -0.1) is 0 Å². The molecule has 0 aliphatic carbocycles. The van der Waals surface area contributed by atoms with Crippen molar-refractivity contribution in [1.82, 2.24) is 10.6 Å². The first-order chi connectivity index (χ1) is 12.5. The molecule has 0 aromatic heterocycles. The first-order valence-electron chi connectivity index (χ1n) is 7.69. The first-order valence-corrected chi connectivity index (χ1v) is 9.15. The number of ether oxygens (including phenoxy) is 2. The second-order valence-corrected chi connectivity index (χ2v) is 6.80. The van der Waals surface area contributed by atoms with Crippen LogP contribution in [0.5, 0.6) is 11.5 Å². The van der Waals surface area contributed by atoms with E-state index >= 15 is 0 Å². The molecule has 0 aliphatic rings. The second-order valence-electron chi connectivity index (χ2n) is 5.21. The largest absolute Gasteiger partial charge is 0.493 e. The fraction of sp³-hybridized carbons (Fsp3) is 0.222. The van der Waals surface area contributed by atoms with Gasteiger partial charge in [-0.1, -0.05) is 11.6 Å². The van der Waals surface area contributed by atoms with Gasteiger partial charge in [0.1, 0.15) is 0 Å². The Kier molecular flexibility index (Phi) is 7.52. The SMILES string of the molecule is COc1cc(I)c(C(=O)NCCNC(=O)c2ccc(Cl)cc2)cc1OC. The van der Waals surface area contributed by atoms with Gasteiger partial charge in [-0.25, -0.2) is 0 Å². The lowest BCUT2D eigenvalue weighted by Gasteiger charge is -2.12. The van der Waals surface area contributed by atoms with Gasteiger partial charge in [0.25, 0.3) is 11.8 Å². The van der Waals surface area contributed by atoms with Crippen LogP contribution in [0.4, 0.5) is 0 Å². The van der Waals surface area contributed by atoms with Crippen molar-refractivity contribution in [2.45, 2.75) is 0 Å². The molecule has 0 heterocycles. The molecule has 0 aliphatic heterocycles. The summed E-state index contributed by atoms with van der Waals surface area (Å²) in [6.07, 6.45) is 0. The summed E-state index contributed by atoms with van der Waals surface area (Å²) >= 11 is 7.86. The van der Waals surface area contributed by atoms with E-state index in [0.29, 0.717) is 40.7 Å². The number of hydrogen-bond donors (Lipinski definition) is 2. The van der Waals surface area contributed by atoms with E-state index < -0.39 is 0 Å². The van der Waals surface area contributed by atoms with Gasteiger partial charge in [-0.2, -0.15) is 0 Å². The van der Waals surface area contributed by atoms with Gasteiger partial charge >= 0.3 is 0 Å². The summed E-state index contributed by atoms with van der Waals surface area (Å²) in [5.41, 5.74) is 0.988. The molecule has 0 atom stereocenters. The fourth-order valence-corrected chi connectivity index (χ4v) is 2.99. The number of benzene rings is 2. The molecule has 0 unspecified atom stereocenters. The maximum atomic E-state index is 12.3. The van der Waals surface area contributed by atoms with Crippen molar-refractivity contribution >= 4 is 46.0 Å². The molecule has 0 fully saturated rings. The lowest BCUT2D eigenvalue weighted by atomic mass is 10.2. The molecule has 2 aromatic rings. The van der Waals surface area contributed by atoms with Crippen LogP contribution in [-0.4, -0.2) is 39.1 Å². The van der Waals surface area contributed by atoms with Gasteiger partial charge in [0.2, 0.25) is 0 Å². The summed E-state index contributed by atoms with van der Waals surface area (Å²) in [6, 6.07) is 9.94. The Labute approximate surface area is 170 Å². The highest BCUT2D eigenvalue weighted by Crippen LogP contribution is 2.31. The predicted molar refractivity (Wildman–Crippen MR) is 108 cm³/mol. The lowest BCUT2D eigenvalue weighted by Crippen LogP contribution is -2.35. The molecule has 138 valence electrons. The quantitative estimate of drug-likeness (QED) is 0.464. The Bertz CT molecular complexity index is 797. The maximum Gasteiger partial charge on any atom is 0.252 e. The van der Waals surface area contributed by atoms with Gasteiger partial charge in [0, 0.05) is 27.2 Å². The second kappa shape index (κ2) is 9.63. The van der Waals surface area contributed by atoms with Crippen LogP contribution in [-0.2, 0) is 0 Å². The van der Waals surface area contributed by atoms with Crippen molar-refractivity contribution in [3.63, 3.8) is 0 Å². The zero-order valence-electron chi connectivity index (χ0n) is 14.3. The summed E-state index contributed by atoms with van der Waals surface area (Å²) in [4.78, 5) is 24.3. The summed E-state index contributed by atoms with van der Waals surface area (Å²) in [7, 11) is 3.05. The van der Waals surface area contributed by atoms with E-state index in [-0.39, 0.29) is 11.8 Å². The van der Waals surface area contributed by atoms with Crippen LogP contribution >= 0.6 is 34.2 Å². The summed E-state index contributed by atoms with van der Waals surface area (Å²) < 4.78 is 11.2. The Balaban J connectivity index is 1.89. The highest BCUT2D eigenvalue weighted by atomic mass is 127. The van der Waals surface area contributed by atoms with Crippen molar-refractivity contribution in [2.75, 3.05) is 27.3 Å². The summed E-state index contributed by atoms with van der Waals surface area (Å²) in [6.45, 7) is 0.597. The zero-order valence-corrected chi connectivity index (χ0v) is 17.2. The molecule has 26 heavy (non-hydrogen) atoms. The average molecular weight is 489 g/mol. The van der Waals surface area contributed by atoms with Crippen molar-refractivity contribution < 1.29 is 19.1 Å². The number of carbonyl (C=O) groups is 2. The van der Waals surface area contributed by atoms with Crippen LogP contribution in [0.3, 0.4) is 0 Å². The molecular weight excluding hydrogens is 471 g/mol. The van der Waals surface area contributed by atoms with Crippen molar-refractivity contribution in [2.24, 2.45) is 0 Å². The molecular formula is C18H18ClIN2O4. The molecule has 8 heteroatoms. The number of rotatable bonds is 7. The topological polar surface area (TPSA) is 76.7 Å². The van der Waals surface area contributed by atoms with Crippen molar-refractivity contribution in [1.29, 1.82) is 0 Å². The zero-order chi connectivity index (χ0) is 19.1. The van der Waals surface area contributed by atoms with E-state index in [4.69, 9.17) is 21.1 Å². The molecule has 2 aromatic carbocycles. The molecule has 0 saturated carbocycles. The molecule has 0 bridgehead atoms. The molecule has 0 spiro atoms. The highest BCUT2D eigenvalue weighted by molar-refractivity contribution is 14.1. The lowest BCUT2D eigenvalue weighted by molar-refractivity contribution is 0.0927. The van der Waals surface area contributed by atoms with Gasteiger partial charge in [0.15, 0.2) is 11.5 Å². The van der Waals surface area contributed by atoms with Crippen LogP contribution in [0.25, 0.3) is 0 Å². The minimum atomic E-state index is -0.254. The van der Waals surface area contributed by atoms with Crippen LogP contribution in [0.1, 0.15) is 20.7 Å². The van der Waals surface area contributed by atoms with E-state index in [0.717, 1.165) is 3.57 Å². The molecule has 2 rings (SSSR count). The van der Waals surface area contributed by atoms with Crippen LogP contribution in [0.2, 0.25) is 5.02 Å². The summed E-state index contributed by atoms with van der Waals surface area (Å²) in [5, 5.41) is 6.07. The van der Waals surface area contributed by atoms with Crippen molar-refractivity contribution in [3.8, 4) is 11.5 Å². The van der Waals surface area contributed by atoms with E-state index in [9.17, 15) is 9.59 Å². The Morgan fingerprint density at radius 3 is 2.08 bits per heavy atom. The number of nitrogens with one attached hydrogen (secondary N) is 2. The van der Waals surface area contributed by atoms with Crippen LogP contribution < -0.4 is 20.1 Å². The monoisotopic (exact) mass is 488 g/mol. The third-order valence-corrected chi connectivity index (χ3v) is 4.66. The third-order valence-electron chi connectivity index (χ3n) is 3.52. The minimum absolute atomic E-state index is 0.225. The number of carbonyl (C=O) groups excluding carboxylic acids is 2. The van der Waals surface area contributed by atoms with Crippen molar-refractivity contribution in [3.05, 3.63) is 56.1 Å². The highest BCUT2D eigenvalue weighted by Gasteiger charge is 2.15. The predicted octanol–water partition coefficient (Wildman–Crippen LogP) is 3.12. The van der Waals surface area contributed by atoms with E-state index in [1.54, 1.807) is 36.4 Å². The van der Waals surface area contributed by atoms with Crippen LogP contribution in [0.15, 0.2) is 36.4 Å². The van der Waals surface area contributed by atoms with Crippen LogP contribution in [0, 0.1) is 3.57 Å². The number of halogens is 2. The van der Waals surface area contributed by atoms with Gasteiger partial charge < -0.3 is 20.1 Å². The Morgan fingerprint density at radius 2 is 1.50 bits per heavy atom. The van der Waals surface area contributed by atoms with Gasteiger partial charge in [0.05, 0.1) is 19.8 Å². The smallest absolute Gasteiger partial charge is 0.252 e. The standard InChI is InChI=1S/C18H18ClIN2O4/c1-25-15-9-13(14(20)10-16(15)26-2)18(24)22-8-7-21-17(23)11-3-5-12(19)6-4-11/h3-6,9-10H,7-8H2,1-2H3,(H,21,23)(H,22,24). The number of methoxy groups -OCH3 is 2.